The molecule has 2 atom stereocenters. The van der Waals surface area contributed by atoms with Crippen LogP contribution in [0.25, 0.3) is 11.3 Å². The van der Waals surface area contributed by atoms with Gasteiger partial charge in [-0.15, -0.1) is 0 Å². The molecule has 1 aromatic heterocycles. The first-order valence-corrected chi connectivity index (χ1v) is 15.4. The molecule has 1 unspecified atom stereocenters. The predicted octanol–water partition coefficient (Wildman–Crippen LogP) is 7.22. The van der Waals surface area contributed by atoms with Gasteiger partial charge in [-0.1, -0.05) is 33.1 Å². The first-order valence-electron chi connectivity index (χ1n) is 15.4. The van der Waals surface area contributed by atoms with E-state index >= 15 is 0 Å². The number of rotatable bonds is 12. The number of unbranched alkanes of at least 4 members (excludes halogenated alkanes) is 4. The molecule has 0 saturated heterocycles. The minimum absolute atomic E-state index is 0.0253. The first-order chi connectivity index (χ1) is 19.9. The van der Waals surface area contributed by atoms with Gasteiger partial charge in [0.2, 0.25) is 0 Å². The zero-order valence-corrected chi connectivity index (χ0v) is 26.3. The summed E-state index contributed by atoms with van der Waals surface area (Å²) in [6.45, 7) is 12.7. The van der Waals surface area contributed by atoms with E-state index in [4.69, 9.17) is 18.9 Å². The molecule has 42 heavy (non-hydrogen) atoms. The van der Waals surface area contributed by atoms with Crippen LogP contribution in [0.2, 0.25) is 0 Å². The van der Waals surface area contributed by atoms with Gasteiger partial charge in [0, 0.05) is 36.2 Å². The summed E-state index contributed by atoms with van der Waals surface area (Å²) in [6, 6.07) is 5.73. The van der Waals surface area contributed by atoms with Crippen LogP contribution >= 0.6 is 0 Å². The number of carbonyl (C=O) groups is 2. The Morgan fingerprint density at radius 1 is 1.02 bits per heavy atom. The Morgan fingerprint density at radius 3 is 2.43 bits per heavy atom. The number of aromatic nitrogens is 1. The summed E-state index contributed by atoms with van der Waals surface area (Å²) in [5.74, 6) is 0.836. The van der Waals surface area contributed by atoms with Gasteiger partial charge in [0.1, 0.15) is 11.2 Å². The molecule has 0 spiro atoms. The number of carbonyl (C=O) groups excluding carboxylic acids is 2. The number of methoxy groups -OCH3 is 1. The van der Waals surface area contributed by atoms with E-state index in [1.807, 2.05) is 26.8 Å². The van der Waals surface area contributed by atoms with Gasteiger partial charge >= 0.3 is 11.9 Å². The van der Waals surface area contributed by atoms with Crippen molar-refractivity contribution in [2.24, 2.45) is 5.41 Å². The van der Waals surface area contributed by atoms with Crippen molar-refractivity contribution in [3.8, 4) is 22.8 Å². The third-order valence-electron chi connectivity index (χ3n) is 8.37. The van der Waals surface area contributed by atoms with Crippen molar-refractivity contribution in [3.63, 3.8) is 0 Å². The van der Waals surface area contributed by atoms with E-state index in [1.54, 1.807) is 26.3 Å². The Hall–Kier alpha value is -3.29. The molecule has 0 N–H and O–H groups in total. The number of esters is 2. The Balaban J connectivity index is 1.47. The second-order valence-corrected chi connectivity index (χ2v) is 13.2. The highest BCUT2D eigenvalue weighted by molar-refractivity contribution is 5.89. The molecule has 8 nitrogen and oxygen atoms in total. The lowest BCUT2D eigenvalue weighted by atomic mass is 9.77. The maximum Gasteiger partial charge on any atom is 0.343 e. The molecule has 2 aromatic rings. The van der Waals surface area contributed by atoms with E-state index in [-0.39, 0.29) is 40.9 Å². The van der Waals surface area contributed by atoms with E-state index < -0.39 is 11.6 Å². The average Bonchev–Trinajstić information content (AvgIpc) is 3.23. The predicted molar refractivity (Wildman–Crippen MR) is 162 cm³/mol. The minimum Gasteiger partial charge on any atom is -0.493 e. The SMILES string of the molecule is CCOC(=O)c1cn2c(cc1=O)-c1cc(OC)c(OCCCCCCCC(=O)OC(C)(C)C)cc1[C@@H]1CCC(C)(C)C12. The first kappa shape index (κ1) is 31.6. The maximum atomic E-state index is 13.1. The molecule has 1 aliphatic heterocycles. The highest BCUT2D eigenvalue weighted by atomic mass is 16.6. The lowest BCUT2D eigenvalue weighted by Gasteiger charge is -2.40. The molecule has 8 heteroatoms. The summed E-state index contributed by atoms with van der Waals surface area (Å²) in [4.78, 5) is 37.5. The van der Waals surface area contributed by atoms with Gasteiger partial charge in [-0.05, 0) is 76.5 Å². The summed E-state index contributed by atoms with van der Waals surface area (Å²) in [7, 11) is 1.63. The molecular formula is C34H47NO7. The average molecular weight is 582 g/mol. The van der Waals surface area contributed by atoms with E-state index in [2.05, 4.69) is 24.5 Å². The Labute approximate surface area is 249 Å². The maximum absolute atomic E-state index is 13.1. The second-order valence-electron chi connectivity index (χ2n) is 13.2. The second kappa shape index (κ2) is 12.9. The standard InChI is InChI=1S/C34H47NO7/c1-8-40-32(38)25-21-35-26(20-27(25)36)24-19-28(39-7)29(18-23(24)22-15-16-34(5,6)31(22)35)41-17-13-11-9-10-12-14-30(37)42-33(2,3)4/h18-22,31H,8-17H2,1-7H3/t22-,31?/m0/s1. The monoisotopic (exact) mass is 581 g/mol. The Bertz CT molecular complexity index is 1350. The molecule has 0 bridgehead atoms. The summed E-state index contributed by atoms with van der Waals surface area (Å²) in [6.07, 6.45) is 8.95. The van der Waals surface area contributed by atoms with Crippen LogP contribution in [0.1, 0.15) is 121 Å². The van der Waals surface area contributed by atoms with Gasteiger partial charge in [-0.25, -0.2) is 4.79 Å². The van der Waals surface area contributed by atoms with E-state index in [1.165, 1.54) is 0 Å². The Morgan fingerprint density at radius 2 is 1.74 bits per heavy atom. The van der Waals surface area contributed by atoms with Gasteiger partial charge in [-0.2, -0.15) is 0 Å². The van der Waals surface area contributed by atoms with Gasteiger partial charge in [-0.3, -0.25) is 9.59 Å². The summed E-state index contributed by atoms with van der Waals surface area (Å²) in [5, 5.41) is 0. The minimum atomic E-state index is -0.583. The zero-order chi connectivity index (χ0) is 30.7. The smallest absolute Gasteiger partial charge is 0.343 e. The number of pyridine rings is 1. The highest BCUT2D eigenvalue weighted by Gasteiger charge is 2.48. The molecule has 230 valence electrons. The van der Waals surface area contributed by atoms with Crippen LogP contribution in [0.5, 0.6) is 11.5 Å². The molecule has 1 fully saturated rings. The van der Waals surface area contributed by atoms with Crippen LogP contribution in [0, 0.1) is 5.41 Å². The number of hydrogen-bond donors (Lipinski definition) is 0. The third-order valence-corrected chi connectivity index (χ3v) is 8.37. The van der Waals surface area contributed by atoms with E-state index in [0.717, 1.165) is 61.8 Å². The number of benzene rings is 1. The normalized spacial score (nSPS) is 18.5. The molecular weight excluding hydrogens is 534 g/mol. The van der Waals surface area contributed by atoms with Crippen LogP contribution < -0.4 is 14.9 Å². The third kappa shape index (κ3) is 7.01. The van der Waals surface area contributed by atoms with Crippen LogP contribution in [-0.2, 0) is 14.3 Å². The molecule has 1 aromatic carbocycles. The largest absolute Gasteiger partial charge is 0.493 e. The van der Waals surface area contributed by atoms with Crippen LogP contribution in [0.15, 0.2) is 29.2 Å². The topological polar surface area (TPSA) is 93.1 Å². The summed E-state index contributed by atoms with van der Waals surface area (Å²) in [5.41, 5.74) is 2.16. The summed E-state index contributed by atoms with van der Waals surface area (Å²) < 4.78 is 24.7. The fraction of sp³-hybridized carbons (Fsp3) is 0.618. The van der Waals surface area contributed by atoms with Gasteiger partial charge in [0.25, 0.3) is 0 Å². The van der Waals surface area contributed by atoms with Crippen LogP contribution in [0.3, 0.4) is 0 Å². The van der Waals surface area contributed by atoms with Crippen LogP contribution in [-0.4, -0.2) is 42.4 Å². The molecule has 1 aliphatic carbocycles. The van der Waals surface area contributed by atoms with Crippen molar-refractivity contribution >= 4 is 11.9 Å². The number of nitrogens with zero attached hydrogens (tertiary/aromatic N) is 1. The number of ether oxygens (including phenoxy) is 4. The highest BCUT2D eigenvalue weighted by Crippen LogP contribution is 2.59. The molecule has 2 aliphatic rings. The zero-order valence-electron chi connectivity index (χ0n) is 26.3. The molecule has 2 heterocycles. The molecule has 1 saturated carbocycles. The van der Waals surface area contributed by atoms with Crippen LogP contribution in [0.4, 0.5) is 0 Å². The van der Waals surface area contributed by atoms with Crippen molar-refractivity contribution in [1.82, 2.24) is 4.57 Å². The number of fused-ring (bicyclic) bond motifs is 6. The van der Waals surface area contributed by atoms with Crippen molar-refractivity contribution in [2.45, 2.75) is 110 Å². The van der Waals surface area contributed by atoms with E-state index in [0.29, 0.717) is 24.5 Å². The fourth-order valence-electron chi connectivity index (χ4n) is 6.48. The van der Waals surface area contributed by atoms with Gasteiger partial charge < -0.3 is 23.5 Å². The van der Waals surface area contributed by atoms with Crippen molar-refractivity contribution in [2.75, 3.05) is 20.3 Å². The molecule has 4 rings (SSSR count). The molecule has 0 amide bonds. The number of hydrogen-bond acceptors (Lipinski definition) is 7. The summed E-state index contributed by atoms with van der Waals surface area (Å²) >= 11 is 0. The van der Waals surface area contributed by atoms with Crippen molar-refractivity contribution < 1.29 is 28.5 Å². The van der Waals surface area contributed by atoms with Crippen molar-refractivity contribution in [3.05, 3.63) is 45.7 Å². The van der Waals surface area contributed by atoms with E-state index in [9.17, 15) is 14.4 Å². The fourth-order valence-corrected chi connectivity index (χ4v) is 6.48. The van der Waals surface area contributed by atoms with Gasteiger partial charge in [0.05, 0.1) is 26.0 Å². The lowest BCUT2D eigenvalue weighted by Crippen LogP contribution is -2.32. The van der Waals surface area contributed by atoms with Gasteiger partial charge in [0.15, 0.2) is 16.9 Å². The van der Waals surface area contributed by atoms with Crippen molar-refractivity contribution in [1.29, 1.82) is 0 Å². The quantitative estimate of drug-likeness (QED) is 0.193. The molecule has 0 radical (unpaired) electrons. The Kier molecular flexibility index (Phi) is 9.74. The lowest BCUT2D eigenvalue weighted by molar-refractivity contribution is -0.154.